The van der Waals surface area contributed by atoms with Crippen molar-refractivity contribution in [3.8, 4) is 0 Å². The number of hydrogen-bond acceptors (Lipinski definition) is 3. The van der Waals surface area contributed by atoms with Crippen LogP contribution in [-0.2, 0) is 11.8 Å². The molecule has 3 rings (SSSR count). The Hall–Kier alpha value is -0.710. The van der Waals surface area contributed by atoms with Crippen LogP contribution in [0.4, 0.5) is 0 Å². The lowest BCUT2D eigenvalue weighted by Gasteiger charge is -2.43. The number of nitrogens with one attached hydrogen (secondary N) is 1. The largest absolute Gasteiger partial charge is 0.315 e. The second-order valence-electron chi connectivity index (χ2n) is 4.49. The minimum absolute atomic E-state index is 0.249. The molecule has 1 aliphatic heterocycles. The molecule has 0 radical (unpaired) electrons. The molecule has 4 heteroatoms. The minimum atomic E-state index is 0.249. The fourth-order valence-corrected chi connectivity index (χ4v) is 3.32. The Morgan fingerprint density at radius 2 is 2.06 bits per heavy atom. The summed E-state index contributed by atoms with van der Waals surface area (Å²) in [6.07, 6.45) is 2.93. The third-order valence-corrected chi connectivity index (χ3v) is 4.66. The molecule has 0 bridgehead atoms. The van der Waals surface area contributed by atoms with Crippen LogP contribution in [0, 0.1) is 0 Å². The monoisotopic (exact) mass is 308 g/mol. The Bertz CT molecular complexity index is 489. The molecule has 0 spiro atoms. The number of thiazole rings is 1. The average molecular weight is 309 g/mol. The van der Waals surface area contributed by atoms with E-state index in [-0.39, 0.29) is 5.41 Å². The molecule has 1 aliphatic rings. The first-order valence-electron chi connectivity index (χ1n) is 5.64. The Kier molecular flexibility index (Phi) is 3.03. The van der Waals surface area contributed by atoms with Gasteiger partial charge in [-0.05, 0) is 17.7 Å². The summed E-state index contributed by atoms with van der Waals surface area (Å²) < 4.78 is 1.14. The zero-order valence-corrected chi connectivity index (χ0v) is 11.7. The third kappa shape index (κ3) is 2.17. The zero-order chi connectivity index (χ0) is 11.7. The van der Waals surface area contributed by atoms with Gasteiger partial charge < -0.3 is 5.32 Å². The van der Waals surface area contributed by atoms with E-state index in [0.717, 1.165) is 24.0 Å². The fourth-order valence-electron chi connectivity index (χ4n) is 2.29. The van der Waals surface area contributed by atoms with Gasteiger partial charge in [-0.3, -0.25) is 0 Å². The van der Waals surface area contributed by atoms with Crippen LogP contribution >= 0.6 is 27.3 Å². The van der Waals surface area contributed by atoms with Gasteiger partial charge in [0.15, 0.2) is 0 Å². The molecule has 2 aromatic rings. The highest BCUT2D eigenvalue weighted by Crippen LogP contribution is 2.33. The number of rotatable bonds is 3. The summed E-state index contributed by atoms with van der Waals surface area (Å²) >= 11 is 5.24. The van der Waals surface area contributed by atoms with Crippen molar-refractivity contribution in [2.24, 2.45) is 0 Å². The van der Waals surface area contributed by atoms with E-state index >= 15 is 0 Å². The predicted octanol–water partition coefficient (Wildman–Crippen LogP) is 2.99. The average Bonchev–Trinajstić information content (AvgIpc) is 2.77. The molecule has 88 valence electrons. The maximum Gasteiger partial charge on any atom is 0.0934 e. The summed E-state index contributed by atoms with van der Waals surface area (Å²) in [7, 11) is 0. The van der Waals surface area contributed by atoms with E-state index in [1.165, 1.54) is 10.6 Å². The molecule has 1 saturated heterocycles. The SMILES string of the molecule is Brc1ccc(C2(Cc3nccs3)CNC2)cc1. The molecule has 1 N–H and O–H groups in total. The van der Waals surface area contributed by atoms with Gasteiger partial charge >= 0.3 is 0 Å². The van der Waals surface area contributed by atoms with Crippen LogP contribution in [0.5, 0.6) is 0 Å². The fraction of sp³-hybridized carbons (Fsp3) is 0.308. The second-order valence-corrected chi connectivity index (χ2v) is 6.39. The standard InChI is InChI=1S/C13H13BrN2S/c14-11-3-1-10(2-4-11)13(8-15-9-13)7-12-16-5-6-17-12/h1-6,15H,7-9H2. The number of hydrogen-bond donors (Lipinski definition) is 1. The molecule has 1 aromatic carbocycles. The second kappa shape index (κ2) is 4.52. The topological polar surface area (TPSA) is 24.9 Å². The van der Waals surface area contributed by atoms with Gasteiger partial charge in [0.2, 0.25) is 0 Å². The highest BCUT2D eigenvalue weighted by atomic mass is 79.9. The number of benzene rings is 1. The summed E-state index contributed by atoms with van der Waals surface area (Å²) in [6, 6.07) is 8.69. The maximum absolute atomic E-state index is 4.41. The van der Waals surface area contributed by atoms with Crippen molar-refractivity contribution in [2.45, 2.75) is 11.8 Å². The molecule has 0 unspecified atom stereocenters. The molecular formula is C13H13BrN2S. The highest BCUT2D eigenvalue weighted by molar-refractivity contribution is 9.10. The van der Waals surface area contributed by atoms with Crippen molar-refractivity contribution in [3.05, 3.63) is 50.9 Å². The quantitative estimate of drug-likeness (QED) is 0.943. The van der Waals surface area contributed by atoms with Crippen LogP contribution in [-0.4, -0.2) is 18.1 Å². The molecule has 17 heavy (non-hydrogen) atoms. The molecule has 2 nitrogen and oxygen atoms in total. The molecule has 0 atom stereocenters. The van der Waals surface area contributed by atoms with Crippen LogP contribution in [0.25, 0.3) is 0 Å². The van der Waals surface area contributed by atoms with E-state index in [0.29, 0.717) is 0 Å². The van der Waals surface area contributed by atoms with E-state index in [2.05, 4.69) is 55.9 Å². The lowest BCUT2D eigenvalue weighted by Crippen LogP contribution is -2.58. The Morgan fingerprint density at radius 1 is 1.29 bits per heavy atom. The van der Waals surface area contributed by atoms with E-state index in [1.807, 2.05) is 6.20 Å². The highest BCUT2D eigenvalue weighted by Gasteiger charge is 2.39. The maximum atomic E-state index is 4.41. The minimum Gasteiger partial charge on any atom is -0.315 e. The molecule has 0 amide bonds. The summed E-state index contributed by atoms with van der Waals surface area (Å²) in [5, 5.41) is 6.68. The first kappa shape index (κ1) is 11.4. The molecule has 0 saturated carbocycles. The Balaban J connectivity index is 1.89. The molecule has 1 aromatic heterocycles. The molecule has 1 fully saturated rings. The summed E-state index contributed by atoms with van der Waals surface area (Å²) in [5.74, 6) is 0. The smallest absolute Gasteiger partial charge is 0.0934 e. The van der Waals surface area contributed by atoms with Gasteiger partial charge in [0.1, 0.15) is 0 Å². The van der Waals surface area contributed by atoms with Crippen molar-refractivity contribution >= 4 is 27.3 Å². The first-order valence-corrected chi connectivity index (χ1v) is 7.31. The van der Waals surface area contributed by atoms with Gasteiger partial charge in [-0.1, -0.05) is 28.1 Å². The van der Waals surface area contributed by atoms with Gasteiger partial charge in [0.25, 0.3) is 0 Å². The lowest BCUT2D eigenvalue weighted by atomic mass is 9.73. The molecule has 2 heterocycles. The number of aromatic nitrogens is 1. The molecular weight excluding hydrogens is 296 g/mol. The lowest BCUT2D eigenvalue weighted by molar-refractivity contribution is 0.274. The summed E-state index contributed by atoms with van der Waals surface area (Å²) in [6.45, 7) is 2.10. The van der Waals surface area contributed by atoms with Crippen molar-refractivity contribution in [2.75, 3.05) is 13.1 Å². The van der Waals surface area contributed by atoms with Gasteiger partial charge in [-0.15, -0.1) is 11.3 Å². The van der Waals surface area contributed by atoms with Gasteiger partial charge in [-0.2, -0.15) is 0 Å². The van der Waals surface area contributed by atoms with E-state index in [4.69, 9.17) is 0 Å². The molecule has 0 aliphatic carbocycles. The van der Waals surface area contributed by atoms with Crippen LogP contribution < -0.4 is 5.32 Å². The van der Waals surface area contributed by atoms with Gasteiger partial charge in [0.05, 0.1) is 5.01 Å². The van der Waals surface area contributed by atoms with Crippen LogP contribution in [0.15, 0.2) is 40.3 Å². The third-order valence-electron chi connectivity index (χ3n) is 3.36. The van der Waals surface area contributed by atoms with Crippen LogP contribution in [0.2, 0.25) is 0 Å². The van der Waals surface area contributed by atoms with Crippen molar-refractivity contribution in [1.82, 2.24) is 10.3 Å². The van der Waals surface area contributed by atoms with E-state index in [1.54, 1.807) is 11.3 Å². The zero-order valence-electron chi connectivity index (χ0n) is 9.32. The summed E-state index contributed by atoms with van der Waals surface area (Å²) in [5.41, 5.74) is 1.66. The van der Waals surface area contributed by atoms with Crippen molar-refractivity contribution in [1.29, 1.82) is 0 Å². The normalized spacial score (nSPS) is 17.7. The van der Waals surface area contributed by atoms with E-state index < -0.39 is 0 Å². The number of halogens is 1. The van der Waals surface area contributed by atoms with Crippen molar-refractivity contribution < 1.29 is 0 Å². The number of nitrogens with zero attached hydrogens (tertiary/aromatic N) is 1. The van der Waals surface area contributed by atoms with Crippen LogP contribution in [0.1, 0.15) is 10.6 Å². The Morgan fingerprint density at radius 3 is 2.59 bits per heavy atom. The van der Waals surface area contributed by atoms with Crippen LogP contribution in [0.3, 0.4) is 0 Å². The summed E-state index contributed by atoms with van der Waals surface area (Å²) in [4.78, 5) is 4.41. The van der Waals surface area contributed by atoms with Crippen molar-refractivity contribution in [3.63, 3.8) is 0 Å². The van der Waals surface area contributed by atoms with Gasteiger partial charge in [-0.25, -0.2) is 4.98 Å². The first-order chi connectivity index (χ1) is 8.28. The Labute approximate surface area is 113 Å². The van der Waals surface area contributed by atoms with E-state index in [9.17, 15) is 0 Å². The van der Waals surface area contributed by atoms with Gasteiger partial charge in [0, 0.05) is 41.0 Å². The predicted molar refractivity (Wildman–Crippen MR) is 74.5 cm³/mol.